The maximum atomic E-state index is 6.19. The van der Waals surface area contributed by atoms with Gasteiger partial charge in [0.1, 0.15) is 6.10 Å². The molecule has 1 unspecified atom stereocenters. The standard InChI is InChI=1S/C22H23NO2/c1-24-21-11-5-8-17-12-13-19(25-22(17)21)15-23-14-18-9-4-7-16-6-2-3-10-20(16)18/h2-11,19,23H,12-15H2,1H3. The van der Waals surface area contributed by atoms with Gasteiger partial charge in [0.25, 0.3) is 0 Å². The Morgan fingerprint density at radius 1 is 1.04 bits per heavy atom. The molecule has 0 amide bonds. The highest BCUT2D eigenvalue weighted by Gasteiger charge is 2.22. The fourth-order valence-electron chi connectivity index (χ4n) is 3.55. The first-order valence-electron chi connectivity index (χ1n) is 8.85. The fourth-order valence-corrected chi connectivity index (χ4v) is 3.55. The van der Waals surface area contributed by atoms with Crippen LogP contribution < -0.4 is 14.8 Å². The van der Waals surface area contributed by atoms with Crippen LogP contribution in [0.5, 0.6) is 11.5 Å². The minimum atomic E-state index is 0.179. The van der Waals surface area contributed by atoms with E-state index < -0.39 is 0 Å². The minimum absolute atomic E-state index is 0.179. The Balaban J connectivity index is 1.41. The van der Waals surface area contributed by atoms with Crippen molar-refractivity contribution in [1.29, 1.82) is 0 Å². The van der Waals surface area contributed by atoms with Crippen molar-refractivity contribution in [3.8, 4) is 11.5 Å². The second-order valence-electron chi connectivity index (χ2n) is 6.50. The molecule has 1 aliphatic heterocycles. The maximum Gasteiger partial charge on any atom is 0.164 e. The van der Waals surface area contributed by atoms with E-state index >= 15 is 0 Å². The van der Waals surface area contributed by atoms with Gasteiger partial charge in [-0.25, -0.2) is 0 Å². The molecule has 3 nitrogen and oxygen atoms in total. The fraction of sp³-hybridized carbons (Fsp3) is 0.273. The molecule has 0 aliphatic carbocycles. The monoisotopic (exact) mass is 333 g/mol. The highest BCUT2D eigenvalue weighted by Crippen LogP contribution is 2.36. The Bertz CT molecular complexity index is 855. The Hall–Kier alpha value is -2.52. The molecular weight excluding hydrogens is 310 g/mol. The van der Waals surface area contributed by atoms with Crippen LogP contribution in [0.4, 0.5) is 0 Å². The summed E-state index contributed by atoms with van der Waals surface area (Å²) in [4.78, 5) is 0. The van der Waals surface area contributed by atoms with E-state index in [1.165, 1.54) is 21.9 Å². The predicted molar refractivity (Wildman–Crippen MR) is 101 cm³/mol. The lowest BCUT2D eigenvalue weighted by Crippen LogP contribution is -2.34. The average molecular weight is 333 g/mol. The van der Waals surface area contributed by atoms with Gasteiger partial charge in [0.15, 0.2) is 11.5 Å². The number of ether oxygens (including phenoxy) is 2. The molecule has 128 valence electrons. The molecule has 3 aromatic carbocycles. The molecule has 1 heterocycles. The summed E-state index contributed by atoms with van der Waals surface area (Å²) in [7, 11) is 1.70. The van der Waals surface area contributed by atoms with E-state index in [4.69, 9.17) is 9.47 Å². The summed E-state index contributed by atoms with van der Waals surface area (Å²) in [5.41, 5.74) is 2.57. The molecular formula is C22H23NO2. The van der Waals surface area contributed by atoms with Gasteiger partial charge in [-0.05, 0) is 40.8 Å². The Labute approximate surface area is 148 Å². The van der Waals surface area contributed by atoms with Crippen LogP contribution in [0.2, 0.25) is 0 Å². The van der Waals surface area contributed by atoms with E-state index in [0.29, 0.717) is 0 Å². The van der Waals surface area contributed by atoms with Crippen molar-refractivity contribution in [3.05, 3.63) is 71.8 Å². The molecule has 1 N–H and O–H groups in total. The highest BCUT2D eigenvalue weighted by molar-refractivity contribution is 5.85. The van der Waals surface area contributed by atoms with Crippen molar-refractivity contribution in [1.82, 2.24) is 5.32 Å². The van der Waals surface area contributed by atoms with Crippen LogP contribution in [0, 0.1) is 0 Å². The van der Waals surface area contributed by atoms with Crippen LogP contribution in [0.3, 0.4) is 0 Å². The zero-order chi connectivity index (χ0) is 17.1. The topological polar surface area (TPSA) is 30.5 Å². The van der Waals surface area contributed by atoms with Gasteiger partial charge in [0, 0.05) is 13.1 Å². The molecule has 0 bridgehead atoms. The zero-order valence-corrected chi connectivity index (χ0v) is 14.5. The number of methoxy groups -OCH3 is 1. The Kier molecular flexibility index (Phi) is 4.57. The third-order valence-corrected chi connectivity index (χ3v) is 4.87. The molecule has 0 spiro atoms. The number of para-hydroxylation sites is 1. The van der Waals surface area contributed by atoms with E-state index in [9.17, 15) is 0 Å². The first kappa shape index (κ1) is 16.0. The summed E-state index contributed by atoms with van der Waals surface area (Å²) in [6, 6.07) is 21.1. The molecule has 1 atom stereocenters. The van der Waals surface area contributed by atoms with Gasteiger partial charge in [0.05, 0.1) is 7.11 Å². The summed E-state index contributed by atoms with van der Waals surface area (Å²) in [6.07, 6.45) is 2.24. The second kappa shape index (κ2) is 7.16. The number of nitrogens with one attached hydrogen (secondary N) is 1. The van der Waals surface area contributed by atoms with Gasteiger partial charge < -0.3 is 14.8 Å². The Morgan fingerprint density at radius 3 is 2.80 bits per heavy atom. The van der Waals surface area contributed by atoms with E-state index in [2.05, 4.69) is 53.8 Å². The molecule has 4 rings (SSSR count). The molecule has 0 saturated carbocycles. The van der Waals surface area contributed by atoms with Crippen molar-refractivity contribution < 1.29 is 9.47 Å². The van der Waals surface area contributed by atoms with Crippen LogP contribution >= 0.6 is 0 Å². The summed E-state index contributed by atoms with van der Waals surface area (Å²) < 4.78 is 11.6. The molecule has 3 aromatic rings. The number of rotatable bonds is 5. The summed E-state index contributed by atoms with van der Waals surface area (Å²) in [5.74, 6) is 1.74. The third-order valence-electron chi connectivity index (χ3n) is 4.87. The van der Waals surface area contributed by atoms with Crippen molar-refractivity contribution in [3.63, 3.8) is 0 Å². The number of aryl methyl sites for hydroxylation is 1. The number of fused-ring (bicyclic) bond motifs is 2. The normalized spacial score (nSPS) is 16.3. The van der Waals surface area contributed by atoms with Gasteiger partial charge in [-0.15, -0.1) is 0 Å². The molecule has 1 aliphatic rings. The van der Waals surface area contributed by atoms with E-state index in [-0.39, 0.29) is 6.10 Å². The van der Waals surface area contributed by atoms with Crippen molar-refractivity contribution >= 4 is 10.8 Å². The maximum absolute atomic E-state index is 6.19. The van der Waals surface area contributed by atoms with Crippen LogP contribution in [-0.4, -0.2) is 19.8 Å². The molecule has 0 fully saturated rings. The van der Waals surface area contributed by atoms with E-state index in [1.807, 2.05) is 12.1 Å². The predicted octanol–water partition coefficient (Wildman–Crippen LogP) is 4.33. The summed E-state index contributed by atoms with van der Waals surface area (Å²) in [5, 5.41) is 6.17. The van der Waals surface area contributed by atoms with Crippen LogP contribution in [-0.2, 0) is 13.0 Å². The number of hydrogen-bond donors (Lipinski definition) is 1. The minimum Gasteiger partial charge on any atom is -0.493 e. The van der Waals surface area contributed by atoms with Gasteiger partial charge in [-0.2, -0.15) is 0 Å². The largest absolute Gasteiger partial charge is 0.493 e. The SMILES string of the molecule is COc1cccc2c1OC(CNCc1cccc3ccccc13)CC2. The summed E-state index contributed by atoms with van der Waals surface area (Å²) >= 11 is 0. The molecule has 0 aromatic heterocycles. The van der Waals surface area contributed by atoms with Crippen LogP contribution in [0.25, 0.3) is 10.8 Å². The summed E-state index contributed by atoms with van der Waals surface area (Å²) in [6.45, 7) is 1.68. The first-order chi connectivity index (χ1) is 12.3. The van der Waals surface area contributed by atoms with Crippen molar-refractivity contribution in [2.24, 2.45) is 0 Å². The molecule has 0 saturated heterocycles. The molecule has 25 heavy (non-hydrogen) atoms. The van der Waals surface area contributed by atoms with Gasteiger partial charge in [-0.1, -0.05) is 54.6 Å². The Morgan fingerprint density at radius 2 is 1.88 bits per heavy atom. The zero-order valence-electron chi connectivity index (χ0n) is 14.5. The third kappa shape index (κ3) is 3.33. The molecule has 0 radical (unpaired) electrons. The quantitative estimate of drug-likeness (QED) is 0.754. The smallest absolute Gasteiger partial charge is 0.164 e. The lowest BCUT2D eigenvalue weighted by atomic mass is 10.0. The van der Waals surface area contributed by atoms with Gasteiger partial charge >= 0.3 is 0 Å². The molecule has 3 heteroatoms. The lowest BCUT2D eigenvalue weighted by Gasteiger charge is -2.27. The highest BCUT2D eigenvalue weighted by atomic mass is 16.5. The van der Waals surface area contributed by atoms with Gasteiger partial charge in [-0.3, -0.25) is 0 Å². The van der Waals surface area contributed by atoms with Gasteiger partial charge in [0.2, 0.25) is 0 Å². The first-order valence-corrected chi connectivity index (χ1v) is 8.85. The number of hydrogen-bond acceptors (Lipinski definition) is 3. The number of benzene rings is 3. The average Bonchev–Trinajstić information content (AvgIpc) is 2.67. The van der Waals surface area contributed by atoms with Crippen LogP contribution in [0.15, 0.2) is 60.7 Å². The second-order valence-corrected chi connectivity index (χ2v) is 6.50. The lowest BCUT2D eigenvalue weighted by molar-refractivity contribution is 0.163. The van der Waals surface area contributed by atoms with Crippen molar-refractivity contribution in [2.75, 3.05) is 13.7 Å². The van der Waals surface area contributed by atoms with Crippen molar-refractivity contribution in [2.45, 2.75) is 25.5 Å². The van der Waals surface area contributed by atoms with E-state index in [1.54, 1.807) is 7.11 Å². The van der Waals surface area contributed by atoms with Crippen LogP contribution in [0.1, 0.15) is 17.5 Å². The van der Waals surface area contributed by atoms with E-state index in [0.717, 1.165) is 37.4 Å².